The zero-order valence-corrected chi connectivity index (χ0v) is 15.8. The standard InChI is InChI=1S/C20H20N4O2S/c1-12-4-6-13(7-5-12)14-11-15(23-22-14)20(26)24-10-2-3-16(24)17-8-9-18(27-17)19(21)25/h4-9,11,16H,2-3,10H2,1H3,(H2,21,25)(H,22,23)/t16-/m0/s1. The molecule has 27 heavy (non-hydrogen) atoms. The molecule has 1 aliphatic heterocycles. The first-order valence-corrected chi connectivity index (χ1v) is 9.67. The third kappa shape index (κ3) is 3.38. The van der Waals surface area contributed by atoms with Gasteiger partial charge in [-0.2, -0.15) is 5.10 Å². The van der Waals surface area contributed by atoms with E-state index < -0.39 is 5.91 Å². The largest absolute Gasteiger partial charge is 0.365 e. The molecular weight excluding hydrogens is 360 g/mol. The predicted molar refractivity (Wildman–Crippen MR) is 105 cm³/mol. The number of primary amides is 1. The topological polar surface area (TPSA) is 92.1 Å². The lowest BCUT2D eigenvalue weighted by molar-refractivity contribution is 0.0731. The summed E-state index contributed by atoms with van der Waals surface area (Å²) < 4.78 is 0. The van der Waals surface area contributed by atoms with Crippen LogP contribution in [0, 0.1) is 6.92 Å². The molecule has 4 rings (SSSR count). The normalized spacial score (nSPS) is 16.6. The maximum absolute atomic E-state index is 13.0. The molecule has 1 atom stereocenters. The number of nitrogens with two attached hydrogens (primary N) is 1. The molecule has 0 spiro atoms. The van der Waals surface area contributed by atoms with Crippen molar-refractivity contribution in [2.24, 2.45) is 5.73 Å². The number of hydrogen-bond donors (Lipinski definition) is 2. The number of aryl methyl sites for hydroxylation is 1. The fourth-order valence-electron chi connectivity index (χ4n) is 3.43. The van der Waals surface area contributed by atoms with Crippen LogP contribution in [0.15, 0.2) is 42.5 Å². The number of aromatic nitrogens is 2. The number of thiophene rings is 1. The number of nitrogens with one attached hydrogen (secondary N) is 1. The maximum atomic E-state index is 13.0. The molecule has 6 nitrogen and oxygen atoms in total. The number of aromatic amines is 1. The Morgan fingerprint density at radius 3 is 2.70 bits per heavy atom. The van der Waals surface area contributed by atoms with Crippen molar-refractivity contribution in [3.63, 3.8) is 0 Å². The molecule has 3 heterocycles. The molecule has 1 aliphatic rings. The number of benzene rings is 1. The second-order valence-electron chi connectivity index (χ2n) is 6.76. The van der Waals surface area contributed by atoms with Gasteiger partial charge in [-0.1, -0.05) is 29.8 Å². The van der Waals surface area contributed by atoms with Gasteiger partial charge in [-0.15, -0.1) is 11.3 Å². The SMILES string of the molecule is Cc1ccc(-c2cc(C(=O)N3CCC[C@H]3c3ccc(C(N)=O)s3)[nH]n2)cc1. The van der Waals surface area contributed by atoms with Crippen molar-refractivity contribution in [3.8, 4) is 11.3 Å². The Morgan fingerprint density at radius 1 is 1.22 bits per heavy atom. The van der Waals surface area contributed by atoms with Crippen LogP contribution >= 0.6 is 11.3 Å². The van der Waals surface area contributed by atoms with Gasteiger partial charge >= 0.3 is 0 Å². The number of H-pyrrole nitrogens is 1. The van der Waals surface area contributed by atoms with Crippen LogP contribution in [0.2, 0.25) is 0 Å². The van der Waals surface area contributed by atoms with Crippen molar-refractivity contribution in [1.82, 2.24) is 15.1 Å². The summed E-state index contributed by atoms with van der Waals surface area (Å²) in [6.45, 7) is 2.72. The summed E-state index contributed by atoms with van der Waals surface area (Å²) in [4.78, 5) is 27.8. The Hall–Kier alpha value is -2.93. The number of amides is 2. The highest BCUT2D eigenvalue weighted by atomic mass is 32.1. The van der Waals surface area contributed by atoms with Crippen molar-refractivity contribution in [2.45, 2.75) is 25.8 Å². The monoisotopic (exact) mass is 380 g/mol. The molecule has 1 fully saturated rings. The van der Waals surface area contributed by atoms with Crippen molar-refractivity contribution >= 4 is 23.2 Å². The van der Waals surface area contributed by atoms with Gasteiger partial charge in [0.15, 0.2) is 0 Å². The van der Waals surface area contributed by atoms with Gasteiger partial charge in [0.25, 0.3) is 11.8 Å². The Bertz CT molecular complexity index is 990. The van der Waals surface area contributed by atoms with E-state index >= 15 is 0 Å². The minimum atomic E-state index is -0.432. The lowest BCUT2D eigenvalue weighted by atomic mass is 10.1. The summed E-state index contributed by atoms with van der Waals surface area (Å²) in [5.41, 5.74) is 8.73. The lowest BCUT2D eigenvalue weighted by Crippen LogP contribution is -2.30. The van der Waals surface area contributed by atoms with Crippen LogP contribution in [0.5, 0.6) is 0 Å². The van der Waals surface area contributed by atoms with Crippen LogP contribution < -0.4 is 5.73 Å². The Labute approximate surface area is 161 Å². The molecule has 1 saturated heterocycles. The summed E-state index contributed by atoms with van der Waals surface area (Å²) in [5.74, 6) is -0.504. The molecule has 0 bridgehead atoms. The van der Waals surface area contributed by atoms with E-state index in [0.717, 1.165) is 29.0 Å². The third-order valence-electron chi connectivity index (χ3n) is 4.87. The lowest BCUT2D eigenvalue weighted by Gasteiger charge is -2.23. The number of nitrogens with zero attached hydrogens (tertiary/aromatic N) is 2. The minimum Gasteiger partial charge on any atom is -0.365 e. The fraction of sp³-hybridized carbons (Fsp3) is 0.250. The summed E-state index contributed by atoms with van der Waals surface area (Å²) in [6.07, 6.45) is 1.81. The molecule has 3 aromatic rings. The zero-order valence-electron chi connectivity index (χ0n) is 14.9. The first-order chi connectivity index (χ1) is 13.0. The molecule has 0 aliphatic carbocycles. The Kier molecular flexibility index (Phi) is 4.53. The second kappa shape index (κ2) is 7.00. The van der Waals surface area contributed by atoms with Crippen molar-refractivity contribution < 1.29 is 9.59 Å². The van der Waals surface area contributed by atoms with Crippen LogP contribution in [0.25, 0.3) is 11.3 Å². The van der Waals surface area contributed by atoms with Crippen LogP contribution in [0.4, 0.5) is 0 Å². The summed E-state index contributed by atoms with van der Waals surface area (Å²) in [6, 6.07) is 13.4. The molecule has 7 heteroatoms. The van der Waals surface area contributed by atoms with Gasteiger partial charge in [-0.05, 0) is 38.0 Å². The van der Waals surface area contributed by atoms with Gasteiger partial charge in [0.05, 0.1) is 16.6 Å². The van der Waals surface area contributed by atoms with Crippen molar-refractivity contribution in [1.29, 1.82) is 0 Å². The van der Waals surface area contributed by atoms with Crippen LogP contribution in [-0.2, 0) is 0 Å². The number of carbonyl (C=O) groups excluding carboxylic acids is 2. The van der Waals surface area contributed by atoms with Gasteiger partial charge < -0.3 is 10.6 Å². The highest BCUT2D eigenvalue weighted by Crippen LogP contribution is 2.36. The predicted octanol–water partition coefficient (Wildman–Crippen LogP) is 3.52. The van der Waals surface area contributed by atoms with E-state index in [1.54, 1.807) is 12.1 Å². The van der Waals surface area contributed by atoms with Gasteiger partial charge in [0, 0.05) is 17.0 Å². The van der Waals surface area contributed by atoms with E-state index in [0.29, 0.717) is 17.1 Å². The second-order valence-corrected chi connectivity index (χ2v) is 7.87. The minimum absolute atomic E-state index is 0.0262. The van der Waals surface area contributed by atoms with Gasteiger partial charge in [-0.3, -0.25) is 14.7 Å². The number of carbonyl (C=O) groups is 2. The quantitative estimate of drug-likeness (QED) is 0.725. The third-order valence-corrected chi connectivity index (χ3v) is 6.07. The first kappa shape index (κ1) is 17.5. The van der Waals surface area contributed by atoms with Gasteiger partial charge in [0.1, 0.15) is 5.69 Å². The molecule has 1 aromatic carbocycles. The molecule has 0 radical (unpaired) electrons. The van der Waals surface area contributed by atoms with E-state index in [4.69, 9.17) is 5.73 Å². The molecule has 2 aromatic heterocycles. The van der Waals surface area contributed by atoms with E-state index in [-0.39, 0.29) is 11.9 Å². The summed E-state index contributed by atoms with van der Waals surface area (Å²) >= 11 is 1.36. The van der Waals surface area contributed by atoms with Crippen molar-refractivity contribution in [2.75, 3.05) is 6.54 Å². The van der Waals surface area contributed by atoms with Crippen LogP contribution in [0.3, 0.4) is 0 Å². The number of likely N-dealkylation sites (tertiary alicyclic amines) is 1. The molecule has 0 saturated carbocycles. The number of rotatable bonds is 4. The average Bonchev–Trinajstić information content (AvgIpc) is 3.40. The van der Waals surface area contributed by atoms with E-state index in [1.807, 2.05) is 42.2 Å². The number of hydrogen-bond acceptors (Lipinski definition) is 4. The summed E-state index contributed by atoms with van der Waals surface area (Å²) in [5, 5.41) is 7.18. The fourth-order valence-corrected chi connectivity index (χ4v) is 4.44. The highest BCUT2D eigenvalue weighted by molar-refractivity contribution is 7.14. The van der Waals surface area contributed by atoms with Gasteiger partial charge in [0.2, 0.25) is 0 Å². The smallest absolute Gasteiger partial charge is 0.272 e. The first-order valence-electron chi connectivity index (χ1n) is 8.86. The van der Waals surface area contributed by atoms with Gasteiger partial charge in [-0.25, -0.2) is 0 Å². The highest BCUT2D eigenvalue weighted by Gasteiger charge is 2.32. The molecule has 0 unspecified atom stereocenters. The van der Waals surface area contributed by atoms with E-state index in [9.17, 15) is 9.59 Å². The average molecular weight is 380 g/mol. The molecule has 3 N–H and O–H groups in total. The Morgan fingerprint density at radius 2 is 2.00 bits per heavy atom. The van der Waals surface area contributed by atoms with Crippen molar-refractivity contribution in [3.05, 3.63) is 63.5 Å². The molecule has 2 amide bonds. The Balaban J connectivity index is 1.56. The summed E-state index contributed by atoms with van der Waals surface area (Å²) in [7, 11) is 0. The zero-order chi connectivity index (χ0) is 19.0. The van der Waals surface area contributed by atoms with E-state index in [1.165, 1.54) is 16.9 Å². The van der Waals surface area contributed by atoms with E-state index in [2.05, 4.69) is 10.2 Å². The maximum Gasteiger partial charge on any atom is 0.272 e. The van der Waals surface area contributed by atoms with Crippen LogP contribution in [-0.4, -0.2) is 33.5 Å². The molecular formula is C20H20N4O2S. The van der Waals surface area contributed by atoms with Crippen LogP contribution in [0.1, 0.15) is 49.5 Å². The molecule has 138 valence electrons.